The normalized spacial score (nSPS) is 14.4. The van der Waals surface area contributed by atoms with Gasteiger partial charge < -0.3 is 31.9 Å². The van der Waals surface area contributed by atoms with Crippen molar-refractivity contribution in [2.75, 3.05) is 24.0 Å². The monoisotopic (exact) mass is 514 g/mol. The number of carboxylic acid groups (broad SMARTS) is 1. The van der Waals surface area contributed by atoms with E-state index in [-0.39, 0.29) is 12.2 Å². The molecule has 0 aliphatic carbocycles. The number of aromatic hydroxyl groups is 1. The van der Waals surface area contributed by atoms with Crippen molar-refractivity contribution in [3.05, 3.63) is 29.8 Å². The maximum absolute atomic E-state index is 13.0. The van der Waals surface area contributed by atoms with Gasteiger partial charge in [-0.15, -0.1) is 0 Å². The van der Waals surface area contributed by atoms with E-state index in [0.717, 1.165) is 5.56 Å². The molecule has 0 aliphatic heterocycles. The highest BCUT2D eigenvalue weighted by atomic mass is 32.2. The Hall–Kier alpha value is -2.44. The number of carbonyl (C=O) groups is 4. The summed E-state index contributed by atoms with van der Waals surface area (Å²) in [5.74, 6) is -1.58. The number of phenolic OH excluding ortho intramolecular Hbond substituents is 1. The van der Waals surface area contributed by atoms with Crippen LogP contribution in [-0.2, 0) is 25.6 Å². The highest BCUT2D eigenvalue weighted by Crippen LogP contribution is 2.11. The Morgan fingerprint density at radius 3 is 1.82 bits per heavy atom. The molecule has 34 heavy (non-hydrogen) atoms. The lowest BCUT2D eigenvalue weighted by molar-refractivity contribution is -0.141. The molecule has 4 atom stereocenters. The largest absolute Gasteiger partial charge is 0.508 e. The van der Waals surface area contributed by atoms with Crippen LogP contribution in [0.5, 0.6) is 5.75 Å². The standard InChI is InChI=1S/C22H34N4O6S2/c1-13(22(31)32)24-20(29)17(8-10-33-2)26-21(30)18(9-11-34-3)25-19(28)16(23)12-14-4-6-15(27)7-5-14/h4-7,13,16-18,27H,8-12,23H2,1-3H3,(H,24,29)(H,25,28)(H,26,30)(H,31,32). The number of benzene rings is 1. The quantitative estimate of drug-likeness (QED) is 0.193. The lowest BCUT2D eigenvalue weighted by Crippen LogP contribution is -2.57. The van der Waals surface area contributed by atoms with Crippen LogP contribution in [0.25, 0.3) is 0 Å². The molecule has 1 aromatic carbocycles. The fourth-order valence-electron chi connectivity index (χ4n) is 2.91. The van der Waals surface area contributed by atoms with Gasteiger partial charge in [0.25, 0.3) is 0 Å². The first-order chi connectivity index (χ1) is 16.1. The zero-order valence-electron chi connectivity index (χ0n) is 19.6. The van der Waals surface area contributed by atoms with Gasteiger partial charge in [0.15, 0.2) is 0 Å². The molecule has 1 rings (SSSR count). The average molecular weight is 515 g/mol. The van der Waals surface area contributed by atoms with Crippen molar-refractivity contribution >= 4 is 47.2 Å². The number of hydrogen-bond donors (Lipinski definition) is 6. The minimum atomic E-state index is -1.18. The Labute approximate surface area is 208 Å². The van der Waals surface area contributed by atoms with Gasteiger partial charge >= 0.3 is 5.97 Å². The minimum absolute atomic E-state index is 0.105. The van der Waals surface area contributed by atoms with Crippen molar-refractivity contribution in [1.29, 1.82) is 0 Å². The molecule has 190 valence electrons. The zero-order valence-corrected chi connectivity index (χ0v) is 21.2. The molecule has 0 spiro atoms. The Balaban J connectivity index is 2.86. The van der Waals surface area contributed by atoms with E-state index in [1.165, 1.54) is 42.6 Å². The van der Waals surface area contributed by atoms with Crippen LogP contribution < -0.4 is 21.7 Å². The van der Waals surface area contributed by atoms with Crippen LogP contribution >= 0.6 is 23.5 Å². The molecule has 0 heterocycles. The Morgan fingerprint density at radius 1 is 0.882 bits per heavy atom. The third kappa shape index (κ3) is 10.7. The van der Waals surface area contributed by atoms with Gasteiger partial charge in [0.1, 0.15) is 23.9 Å². The van der Waals surface area contributed by atoms with E-state index >= 15 is 0 Å². The molecule has 0 aliphatic rings. The molecule has 4 unspecified atom stereocenters. The number of rotatable bonds is 15. The van der Waals surface area contributed by atoms with Gasteiger partial charge in [-0.05, 0) is 67.9 Å². The van der Waals surface area contributed by atoms with E-state index in [1.807, 2.05) is 12.5 Å². The van der Waals surface area contributed by atoms with E-state index in [9.17, 15) is 24.3 Å². The minimum Gasteiger partial charge on any atom is -0.508 e. The first-order valence-electron chi connectivity index (χ1n) is 10.7. The fourth-order valence-corrected chi connectivity index (χ4v) is 3.86. The average Bonchev–Trinajstić information content (AvgIpc) is 2.80. The summed E-state index contributed by atoms with van der Waals surface area (Å²) in [6, 6.07) is 2.45. The second-order valence-corrected chi connectivity index (χ2v) is 9.70. The van der Waals surface area contributed by atoms with Crippen LogP contribution in [0.1, 0.15) is 25.3 Å². The molecule has 7 N–H and O–H groups in total. The number of amides is 3. The van der Waals surface area contributed by atoms with E-state index in [0.29, 0.717) is 24.3 Å². The summed E-state index contributed by atoms with van der Waals surface area (Å²) < 4.78 is 0. The van der Waals surface area contributed by atoms with Crippen LogP contribution in [-0.4, -0.2) is 82.1 Å². The maximum atomic E-state index is 13.0. The summed E-state index contributed by atoms with van der Waals surface area (Å²) >= 11 is 2.99. The molecule has 0 bridgehead atoms. The summed E-state index contributed by atoms with van der Waals surface area (Å²) in [6.45, 7) is 1.34. The van der Waals surface area contributed by atoms with Crippen LogP contribution in [0.3, 0.4) is 0 Å². The number of carboxylic acids is 1. The van der Waals surface area contributed by atoms with E-state index in [1.54, 1.807) is 12.1 Å². The van der Waals surface area contributed by atoms with Crippen LogP contribution in [0.15, 0.2) is 24.3 Å². The second-order valence-electron chi connectivity index (χ2n) is 7.73. The van der Waals surface area contributed by atoms with E-state index < -0.39 is 47.9 Å². The SMILES string of the molecule is CSCCC(NC(=O)C(N)Cc1ccc(O)cc1)C(=O)NC(CCSC)C(=O)NC(C)C(=O)O. The van der Waals surface area contributed by atoms with Crippen LogP contribution in [0.4, 0.5) is 0 Å². The molecule has 3 amide bonds. The molecule has 12 heteroatoms. The number of phenols is 1. The van der Waals surface area contributed by atoms with E-state index in [4.69, 9.17) is 10.8 Å². The number of carbonyl (C=O) groups excluding carboxylic acids is 3. The van der Waals surface area contributed by atoms with Gasteiger partial charge in [0.05, 0.1) is 6.04 Å². The van der Waals surface area contributed by atoms with Crippen molar-refractivity contribution in [2.45, 2.75) is 50.4 Å². The Morgan fingerprint density at radius 2 is 1.35 bits per heavy atom. The van der Waals surface area contributed by atoms with Gasteiger partial charge in [-0.3, -0.25) is 19.2 Å². The lowest BCUT2D eigenvalue weighted by Gasteiger charge is -2.24. The van der Waals surface area contributed by atoms with Gasteiger partial charge in [-0.1, -0.05) is 12.1 Å². The smallest absolute Gasteiger partial charge is 0.325 e. The summed E-state index contributed by atoms with van der Waals surface area (Å²) in [7, 11) is 0. The number of aliphatic carboxylic acids is 1. The molecule has 0 saturated heterocycles. The van der Waals surface area contributed by atoms with Gasteiger partial charge in [0, 0.05) is 0 Å². The molecular formula is C22H34N4O6S2. The van der Waals surface area contributed by atoms with Crippen LogP contribution in [0.2, 0.25) is 0 Å². The Bertz CT molecular complexity index is 824. The predicted octanol–water partition coefficient (Wildman–Crippen LogP) is 0.327. The van der Waals surface area contributed by atoms with Crippen molar-refractivity contribution in [1.82, 2.24) is 16.0 Å². The first kappa shape index (κ1) is 29.6. The zero-order chi connectivity index (χ0) is 25.7. The number of nitrogens with one attached hydrogen (secondary N) is 3. The van der Waals surface area contributed by atoms with Crippen molar-refractivity contribution in [3.8, 4) is 5.75 Å². The predicted molar refractivity (Wildman–Crippen MR) is 135 cm³/mol. The second kappa shape index (κ2) is 15.5. The van der Waals surface area contributed by atoms with Crippen LogP contribution in [0, 0.1) is 0 Å². The van der Waals surface area contributed by atoms with Gasteiger partial charge in [-0.25, -0.2) is 0 Å². The van der Waals surface area contributed by atoms with Crippen molar-refractivity contribution in [2.24, 2.45) is 5.73 Å². The summed E-state index contributed by atoms with van der Waals surface area (Å²) in [6.07, 6.45) is 4.57. The topological polar surface area (TPSA) is 171 Å². The maximum Gasteiger partial charge on any atom is 0.325 e. The number of thioether (sulfide) groups is 2. The highest BCUT2D eigenvalue weighted by Gasteiger charge is 2.29. The molecule has 1 aromatic rings. The number of hydrogen-bond acceptors (Lipinski definition) is 8. The molecule has 0 saturated carbocycles. The number of nitrogens with two attached hydrogens (primary N) is 1. The summed E-state index contributed by atoms with van der Waals surface area (Å²) in [4.78, 5) is 49.3. The molecule has 0 aromatic heterocycles. The summed E-state index contributed by atoms with van der Waals surface area (Å²) in [5.41, 5.74) is 6.79. The van der Waals surface area contributed by atoms with Crippen molar-refractivity contribution in [3.63, 3.8) is 0 Å². The first-order valence-corrected chi connectivity index (χ1v) is 13.5. The van der Waals surface area contributed by atoms with E-state index in [2.05, 4.69) is 16.0 Å². The molecule has 0 fully saturated rings. The lowest BCUT2D eigenvalue weighted by atomic mass is 10.0. The third-order valence-electron chi connectivity index (χ3n) is 4.95. The highest BCUT2D eigenvalue weighted by molar-refractivity contribution is 7.98. The third-order valence-corrected chi connectivity index (χ3v) is 6.23. The molecular weight excluding hydrogens is 480 g/mol. The fraction of sp³-hybridized carbons (Fsp3) is 0.545. The van der Waals surface area contributed by atoms with Crippen molar-refractivity contribution < 1.29 is 29.4 Å². The Kier molecular flexibility index (Phi) is 13.5. The van der Waals surface area contributed by atoms with Gasteiger partial charge in [0.2, 0.25) is 17.7 Å². The van der Waals surface area contributed by atoms with Gasteiger partial charge in [-0.2, -0.15) is 23.5 Å². The summed E-state index contributed by atoms with van der Waals surface area (Å²) in [5, 5.41) is 26.1. The molecule has 0 radical (unpaired) electrons. The molecule has 10 nitrogen and oxygen atoms in total.